The summed E-state index contributed by atoms with van der Waals surface area (Å²) >= 11 is 0. The van der Waals surface area contributed by atoms with Crippen LogP contribution in [-0.4, -0.2) is 25.8 Å². The van der Waals surface area contributed by atoms with E-state index >= 15 is 0 Å². The Morgan fingerprint density at radius 2 is 2.50 bits per heavy atom. The van der Waals surface area contributed by atoms with Crippen LogP contribution in [0, 0.1) is 0 Å². The van der Waals surface area contributed by atoms with Gasteiger partial charge in [0.05, 0.1) is 19.8 Å². The van der Waals surface area contributed by atoms with Crippen LogP contribution in [0.5, 0.6) is 0 Å². The molecule has 1 saturated heterocycles. The molecule has 0 aromatic carbocycles. The van der Waals surface area contributed by atoms with Gasteiger partial charge < -0.3 is 9.47 Å². The molecule has 1 aliphatic rings. The highest BCUT2D eigenvalue weighted by Crippen LogP contribution is 2.18. The van der Waals surface area contributed by atoms with Crippen molar-refractivity contribution in [2.24, 2.45) is 0 Å². The van der Waals surface area contributed by atoms with Crippen molar-refractivity contribution >= 4 is 5.97 Å². The average Bonchev–Trinajstić information content (AvgIpc) is 2.04. The summed E-state index contributed by atoms with van der Waals surface area (Å²) in [6, 6.07) is 0. The standard InChI is InChI=1S/C9H14O3/c1-7-5-8(3-4-12-7)6-9(10)11-2/h6-7H,3-5H2,1-2H3/b8-6+. The van der Waals surface area contributed by atoms with E-state index < -0.39 is 0 Å². The molecule has 0 spiro atoms. The Kier molecular flexibility index (Phi) is 3.29. The Balaban J connectivity index is 2.50. The lowest BCUT2D eigenvalue weighted by Crippen LogP contribution is -2.17. The Morgan fingerprint density at radius 3 is 3.08 bits per heavy atom. The number of methoxy groups -OCH3 is 1. The van der Waals surface area contributed by atoms with Gasteiger partial charge >= 0.3 is 5.97 Å². The second-order valence-corrected chi connectivity index (χ2v) is 2.96. The van der Waals surface area contributed by atoms with Crippen molar-refractivity contribution in [1.82, 2.24) is 0 Å². The second-order valence-electron chi connectivity index (χ2n) is 2.96. The van der Waals surface area contributed by atoms with Crippen molar-refractivity contribution in [1.29, 1.82) is 0 Å². The molecular formula is C9H14O3. The first kappa shape index (κ1) is 9.26. The minimum Gasteiger partial charge on any atom is -0.466 e. The number of hydrogen-bond acceptors (Lipinski definition) is 3. The fraction of sp³-hybridized carbons (Fsp3) is 0.667. The molecule has 0 radical (unpaired) electrons. The summed E-state index contributed by atoms with van der Waals surface area (Å²) in [6.45, 7) is 2.72. The van der Waals surface area contributed by atoms with Gasteiger partial charge in [-0.1, -0.05) is 5.57 Å². The molecule has 0 aromatic heterocycles. The first-order valence-corrected chi connectivity index (χ1v) is 4.11. The molecule has 0 N–H and O–H groups in total. The Bertz CT molecular complexity index is 196. The molecule has 1 unspecified atom stereocenters. The third-order valence-corrected chi connectivity index (χ3v) is 1.90. The number of ether oxygens (including phenoxy) is 2. The van der Waals surface area contributed by atoms with E-state index in [0.29, 0.717) is 6.61 Å². The van der Waals surface area contributed by atoms with E-state index in [1.165, 1.54) is 7.11 Å². The molecule has 12 heavy (non-hydrogen) atoms. The fourth-order valence-corrected chi connectivity index (χ4v) is 1.28. The molecule has 0 bridgehead atoms. The number of rotatable bonds is 1. The number of esters is 1. The van der Waals surface area contributed by atoms with Crippen molar-refractivity contribution in [2.45, 2.75) is 25.9 Å². The number of hydrogen-bond donors (Lipinski definition) is 0. The molecule has 1 rings (SSSR count). The molecule has 0 amide bonds. The molecular weight excluding hydrogens is 156 g/mol. The van der Waals surface area contributed by atoms with Gasteiger partial charge in [0.2, 0.25) is 0 Å². The maximum absolute atomic E-state index is 10.8. The Labute approximate surface area is 72.4 Å². The van der Waals surface area contributed by atoms with E-state index in [2.05, 4.69) is 4.74 Å². The van der Waals surface area contributed by atoms with Crippen LogP contribution in [0.1, 0.15) is 19.8 Å². The molecule has 0 aliphatic carbocycles. The van der Waals surface area contributed by atoms with Crippen LogP contribution in [0.15, 0.2) is 11.6 Å². The van der Waals surface area contributed by atoms with Crippen molar-refractivity contribution in [3.63, 3.8) is 0 Å². The minimum absolute atomic E-state index is 0.231. The summed E-state index contributed by atoms with van der Waals surface area (Å²) in [5, 5.41) is 0. The van der Waals surface area contributed by atoms with Crippen LogP contribution < -0.4 is 0 Å². The molecule has 3 nitrogen and oxygen atoms in total. The lowest BCUT2D eigenvalue weighted by Gasteiger charge is -2.20. The van der Waals surface area contributed by atoms with E-state index in [1.807, 2.05) is 6.92 Å². The van der Waals surface area contributed by atoms with E-state index in [9.17, 15) is 4.79 Å². The molecule has 0 aromatic rings. The zero-order chi connectivity index (χ0) is 8.97. The van der Waals surface area contributed by atoms with Gasteiger partial charge in [-0.25, -0.2) is 4.79 Å². The van der Waals surface area contributed by atoms with Crippen LogP contribution in [0.25, 0.3) is 0 Å². The molecule has 3 heteroatoms. The molecule has 1 aliphatic heterocycles. The monoisotopic (exact) mass is 170 g/mol. The summed E-state index contributed by atoms with van der Waals surface area (Å²) < 4.78 is 9.86. The summed E-state index contributed by atoms with van der Waals surface area (Å²) in [4.78, 5) is 10.8. The van der Waals surface area contributed by atoms with Crippen molar-refractivity contribution < 1.29 is 14.3 Å². The lowest BCUT2D eigenvalue weighted by molar-refractivity contribution is -0.134. The predicted octanol–water partition coefficient (Wildman–Crippen LogP) is 1.28. The maximum Gasteiger partial charge on any atom is 0.330 e. The van der Waals surface area contributed by atoms with Gasteiger partial charge in [-0.15, -0.1) is 0 Å². The van der Waals surface area contributed by atoms with Gasteiger partial charge in [-0.05, 0) is 19.8 Å². The summed E-state index contributed by atoms with van der Waals surface area (Å²) in [5.74, 6) is -0.265. The smallest absolute Gasteiger partial charge is 0.330 e. The highest BCUT2D eigenvalue weighted by atomic mass is 16.5. The van der Waals surface area contributed by atoms with Gasteiger partial charge in [0.15, 0.2) is 0 Å². The van der Waals surface area contributed by atoms with Crippen molar-refractivity contribution in [2.75, 3.05) is 13.7 Å². The maximum atomic E-state index is 10.8. The van der Waals surface area contributed by atoms with Crippen LogP contribution in [0.3, 0.4) is 0 Å². The molecule has 0 saturated carbocycles. The largest absolute Gasteiger partial charge is 0.466 e. The quantitative estimate of drug-likeness (QED) is 0.439. The van der Waals surface area contributed by atoms with E-state index in [1.54, 1.807) is 6.08 Å². The average molecular weight is 170 g/mol. The zero-order valence-corrected chi connectivity index (χ0v) is 7.50. The first-order chi connectivity index (χ1) is 5.72. The van der Waals surface area contributed by atoms with Gasteiger partial charge in [0, 0.05) is 6.08 Å². The number of carbonyl (C=O) groups is 1. The second kappa shape index (κ2) is 4.26. The minimum atomic E-state index is -0.265. The highest BCUT2D eigenvalue weighted by Gasteiger charge is 2.13. The van der Waals surface area contributed by atoms with Gasteiger partial charge in [0.25, 0.3) is 0 Å². The van der Waals surface area contributed by atoms with Crippen LogP contribution in [0.2, 0.25) is 0 Å². The first-order valence-electron chi connectivity index (χ1n) is 4.11. The van der Waals surface area contributed by atoms with Gasteiger partial charge in [-0.3, -0.25) is 0 Å². The normalized spacial score (nSPS) is 27.2. The van der Waals surface area contributed by atoms with Crippen molar-refractivity contribution in [3.05, 3.63) is 11.6 Å². The van der Waals surface area contributed by atoms with E-state index in [4.69, 9.17) is 4.74 Å². The summed E-state index contributed by atoms with van der Waals surface area (Å²) in [6.07, 6.45) is 3.49. The van der Waals surface area contributed by atoms with Crippen molar-refractivity contribution in [3.8, 4) is 0 Å². The lowest BCUT2D eigenvalue weighted by atomic mass is 10.0. The predicted molar refractivity (Wildman–Crippen MR) is 44.7 cm³/mol. The molecule has 1 atom stereocenters. The van der Waals surface area contributed by atoms with E-state index in [-0.39, 0.29) is 12.1 Å². The summed E-state index contributed by atoms with van der Waals surface area (Å²) in [5.41, 5.74) is 1.13. The van der Waals surface area contributed by atoms with E-state index in [0.717, 1.165) is 18.4 Å². The fourth-order valence-electron chi connectivity index (χ4n) is 1.28. The summed E-state index contributed by atoms with van der Waals surface area (Å²) in [7, 11) is 1.39. The zero-order valence-electron chi connectivity index (χ0n) is 7.50. The Morgan fingerprint density at radius 1 is 1.75 bits per heavy atom. The Hall–Kier alpha value is -0.830. The van der Waals surface area contributed by atoms with Crippen LogP contribution in [0.4, 0.5) is 0 Å². The number of carbonyl (C=O) groups excluding carboxylic acids is 1. The van der Waals surface area contributed by atoms with Gasteiger partial charge in [0.1, 0.15) is 0 Å². The topological polar surface area (TPSA) is 35.5 Å². The SMILES string of the molecule is COC(=O)/C=C1\CCOC(C)C1. The van der Waals surface area contributed by atoms with Crippen LogP contribution in [-0.2, 0) is 14.3 Å². The highest BCUT2D eigenvalue weighted by molar-refractivity contribution is 5.82. The molecule has 1 heterocycles. The van der Waals surface area contributed by atoms with Gasteiger partial charge in [-0.2, -0.15) is 0 Å². The third kappa shape index (κ3) is 2.66. The molecule has 1 fully saturated rings. The third-order valence-electron chi connectivity index (χ3n) is 1.90. The van der Waals surface area contributed by atoms with Crippen LogP contribution >= 0.6 is 0 Å². The molecule has 68 valence electrons.